The number of benzene rings is 1. The van der Waals surface area contributed by atoms with Gasteiger partial charge in [0.15, 0.2) is 18.1 Å². The first-order valence-electron chi connectivity index (χ1n) is 5.58. The van der Waals surface area contributed by atoms with Gasteiger partial charge in [-0.15, -0.1) is 0 Å². The zero-order valence-electron chi connectivity index (χ0n) is 10.2. The van der Waals surface area contributed by atoms with Gasteiger partial charge in [0.2, 0.25) is 0 Å². The van der Waals surface area contributed by atoms with E-state index >= 15 is 0 Å². The molecule has 110 valence electrons. The zero-order valence-corrected chi connectivity index (χ0v) is 10.2. The van der Waals surface area contributed by atoms with Crippen molar-refractivity contribution in [3.05, 3.63) is 30.3 Å². The van der Waals surface area contributed by atoms with E-state index in [4.69, 9.17) is 5.11 Å². The van der Waals surface area contributed by atoms with Crippen molar-refractivity contribution in [2.75, 3.05) is 0 Å². The smallest absolute Gasteiger partial charge is 0.386 e. The average molecular weight is 286 g/mol. The number of aliphatic hydroxyl groups is 4. The molecule has 0 amide bonds. The summed E-state index contributed by atoms with van der Waals surface area (Å²) in [6, 6.07) is 7.86. The minimum absolute atomic E-state index is 0.0492. The van der Waals surface area contributed by atoms with Crippen LogP contribution >= 0.6 is 0 Å². The first-order chi connectivity index (χ1) is 9.47. The van der Waals surface area contributed by atoms with Crippen LogP contribution in [0.5, 0.6) is 5.75 Å². The molecular weight excluding hydrogens is 272 g/mol. The van der Waals surface area contributed by atoms with Crippen LogP contribution in [0, 0.1) is 0 Å². The second-order valence-electron chi connectivity index (χ2n) is 3.85. The van der Waals surface area contributed by atoms with Crippen LogP contribution in [-0.2, 0) is 14.5 Å². The van der Waals surface area contributed by atoms with Crippen LogP contribution in [-0.4, -0.2) is 57.1 Å². The van der Waals surface area contributed by atoms with Crippen molar-refractivity contribution < 1.29 is 39.8 Å². The molecule has 0 saturated heterocycles. The topological polar surface area (TPSA) is 134 Å². The number of rotatable bonds is 7. The molecule has 1 rings (SSSR count). The average Bonchev–Trinajstić information content (AvgIpc) is 2.50. The molecule has 8 nitrogen and oxygen atoms in total. The van der Waals surface area contributed by atoms with Crippen LogP contribution in [0.1, 0.15) is 0 Å². The van der Waals surface area contributed by atoms with E-state index in [1.54, 1.807) is 18.2 Å². The van der Waals surface area contributed by atoms with Crippen LogP contribution in [0.15, 0.2) is 30.3 Å². The number of carbonyl (C=O) groups is 2. The normalized spacial score (nSPS) is 16.6. The molecule has 0 unspecified atom stereocenters. The fourth-order valence-corrected chi connectivity index (χ4v) is 1.22. The van der Waals surface area contributed by atoms with Crippen LogP contribution in [0.3, 0.4) is 0 Å². The summed E-state index contributed by atoms with van der Waals surface area (Å²) in [5.41, 5.74) is 0. The highest BCUT2D eigenvalue weighted by Crippen LogP contribution is 2.10. The maximum absolute atomic E-state index is 11.3. The van der Waals surface area contributed by atoms with E-state index in [1.165, 1.54) is 12.1 Å². The highest BCUT2D eigenvalue weighted by atomic mass is 17.2. The lowest BCUT2D eigenvalue weighted by atomic mass is 10.0. The van der Waals surface area contributed by atoms with Gasteiger partial charge >= 0.3 is 5.97 Å². The molecule has 0 aliphatic heterocycles. The quantitative estimate of drug-likeness (QED) is 0.261. The van der Waals surface area contributed by atoms with E-state index < -0.39 is 30.4 Å². The third kappa shape index (κ3) is 4.28. The van der Waals surface area contributed by atoms with Gasteiger partial charge in [-0.2, -0.15) is 0 Å². The molecule has 0 radical (unpaired) electrons. The summed E-state index contributed by atoms with van der Waals surface area (Å²) in [6.07, 6.45) is -8.33. The molecule has 0 fully saturated rings. The number of aldehydes is 1. The summed E-state index contributed by atoms with van der Waals surface area (Å²) in [7, 11) is 0. The van der Waals surface area contributed by atoms with E-state index in [2.05, 4.69) is 9.78 Å². The Morgan fingerprint density at radius 1 is 1.05 bits per heavy atom. The third-order valence-electron chi connectivity index (χ3n) is 2.37. The van der Waals surface area contributed by atoms with Crippen molar-refractivity contribution in [3.63, 3.8) is 0 Å². The molecule has 1 aromatic rings. The number of hydrogen-bond acceptors (Lipinski definition) is 8. The maximum Gasteiger partial charge on any atom is 0.386 e. The van der Waals surface area contributed by atoms with E-state index in [0.717, 1.165) is 0 Å². The predicted molar refractivity (Wildman–Crippen MR) is 63.3 cm³/mol. The Hall–Kier alpha value is -2.00. The molecule has 0 aliphatic carbocycles. The summed E-state index contributed by atoms with van der Waals surface area (Å²) < 4.78 is 0. The second-order valence-corrected chi connectivity index (χ2v) is 3.85. The van der Waals surface area contributed by atoms with Crippen molar-refractivity contribution in [2.45, 2.75) is 24.4 Å². The molecule has 4 N–H and O–H groups in total. The lowest BCUT2D eigenvalue weighted by Gasteiger charge is -2.22. The molecule has 0 aromatic heterocycles. The maximum atomic E-state index is 11.3. The minimum Gasteiger partial charge on any atom is -0.387 e. The monoisotopic (exact) mass is 286 g/mol. The molecule has 0 aliphatic rings. The molecule has 0 spiro atoms. The van der Waals surface area contributed by atoms with Crippen LogP contribution < -0.4 is 4.89 Å². The predicted octanol–water partition coefficient (Wildman–Crippen LogP) is -1.83. The number of hydrogen-bond donors (Lipinski definition) is 4. The zero-order chi connectivity index (χ0) is 15.1. The van der Waals surface area contributed by atoms with Gasteiger partial charge in [0, 0.05) is 0 Å². The summed E-state index contributed by atoms with van der Waals surface area (Å²) in [6.45, 7) is 0. The van der Waals surface area contributed by atoms with Gasteiger partial charge in [0.05, 0.1) is 0 Å². The Balaban J connectivity index is 2.52. The molecule has 8 heteroatoms. The molecule has 0 bridgehead atoms. The molecule has 20 heavy (non-hydrogen) atoms. The van der Waals surface area contributed by atoms with Crippen LogP contribution in [0.25, 0.3) is 0 Å². The molecule has 1 aromatic carbocycles. The Morgan fingerprint density at radius 2 is 1.65 bits per heavy atom. The van der Waals surface area contributed by atoms with Gasteiger partial charge in [0.1, 0.15) is 18.3 Å². The van der Waals surface area contributed by atoms with E-state index in [-0.39, 0.29) is 12.0 Å². The number of aliphatic hydroxyl groups excluding tert-OH is 4. The summed E-state index contributed by atoms with van der Waals surface area (Å²) >= 11 is 0. The van der Waals surface area contributed by atoms with Crippen molar-refractivity contribution in [3.8, 4) is 5.75 Å². The Labute approximate surface area is 113 Å². The first kappa shape index (κ1) is 16.1. The van der Waals surface area contributed by atoms with Crippen LogP contribution in [0.4, 0.5) is 0 Å². The molecule has 4 atom stereocenters. The Morgan fingerprint density at radius 3 is 2.20 bits per heavy atom. The highest BCUT2D eigenvalue weighted by Gasteiger charge is 2.36. The van der Waals surface area contributed by atoms with Gasteiger partial charge in [-0.25, -0.2) is 9.68 Å². The largest absolute Gasteiger partial charge is 0.387 e. The minimum atomic E-state index is -2.19. The van der Waals surface area contributed by atoms with Crippen LogP contribution in [0.2, 0.25) is 0 Å². The lowest BCUT2D eigenvalue weighted by molar-refractivity contribution is -0.230. The first-order valence-corrected chi connectivity index (χ1v) is 5.58. The molecular formula is C12H14O8. The standard InChI is InChI=1S/C12H14O8/c13-6-8(14)9(15)10(16)11(17)12(18)20-19-7-4-2-1-3-5-7/h1-6,8-11,14-17H/t8-,9+,10-,11-/m0/s1. The van der Waals surface area contributed by atoms with Gasteiger partial charge in [-0.1, -0.05) is 18.2 Å². The van der Waals surface area contributed by atoms with E-state index in [0.29, 0.717) is 0 Å². The van der Waals surface area contributed by atoms with Gasteiger partial charge in [0.25, 0.3) is 0 Å². The molecule has 0 heterocycles. The van der Waals surface area contributed by atoms with Crippen molar-refractivity contribution in [1.29, 1.82) is 0 Å². The van der Waals surface area contributed by atoms with Crippen molar-refractivity contribution >= 4 is 12.3 Å². The van der Waals surface area contributed by atoms with Crippen molar-refractivity contribution in [1.82, 2.24) is 0 Å². The fourth-order valence-electron chi connectivity index (χ4n) is 1.22. The third-order valence-corrected chi connectivity index (χ3v) is 2.37. The SMILES string of the molecule is O=C[C@H](O)[C@@H](O)[C@H](O)[C@H](O)C(=O)OOc1ccccc1. The molecule has 0 saturated carbocycles. The number of para-hydroxylation sites is 1. The van der Waals surface area contributed by atoms with Crippen molar-refractivity contribution in [2.24, 2.45) is 0 Å². The van der Waals surface area contributed by atoms with Gasteiger partial charge in [-0.05, 0) is 12.1 Å². The van der Waals surface area contributed by atoms with Gasteiger partial charge < -0.3 is 25.2 Å². The second kappa shape index (κ2) is 7.56. The summed E-state index contributed by atoms with van der Waals surface area (Å²) in [4.78, 5) is 30.4. The van der Waals surface area contributed by atoms with E-state index in [1.807, 2.05) is 0 Å². The van der Waals surface area contributed by atoms with Gasteiger partial charge in [-0.3, -0.25) is 4.89 Å². The summed E-state index contributed by atoms with van der Waals surface area (Å²) in [5.74, 6) is -1.21. The highest BCUT2D eigenvalue weighted by molar-refractivity contribution is 5.75. The fraction of sp³-hybridized carbons (Fsp3) is 0.333. The Bertz CT molecular complexity index is 434. The Kier molecular flexibility index (Phi) is 6.07. The lowest BCUT2D eigenvalue weighted by Crippen LogP contribution is -2.48. The summed E-state index contributed by atoms with van der Waals surface area (Å²) in [5, 5.41) is 37.0. The van der Waals surface area contributed by atoms with E-state index in [9.17, 15) is 24.9 Å². The number of carbonyl (C=O) groups excluding carboxylic acids is 2.